The first-order chi connectivity index (χ1) is 13.6. The summed E-state index contributed by atoms with van der Waals surface area (Å²) in [6, 6.07) is 17.5. The third kappa shape index (κ3) is 5.24. The van der Waals surface area contributed by atoms with E-state index in [0.717, 1.165) is 16.7 Å². The Kier molecular flexibility index (Phi) is 6.90. The van der Waals surface area contributed by atoms with Gasteiger partial charge in [0, 0.05) is 22.8 Å². The van der Waals surface area contributed by atoms with Gasteiger partial charge in [-0.1, -0.05) is 41.9 Å². The van der Waals surface area contributed by atoms with Gasteiger partial charge in [-0.2, -0.15) is 5.10 Å². The fourth-order valence-corrected chi connectivity index (χ4v) is 3.52. The standard InChI is InChI=1S/C21H20ClN3O2S/c1-14(28-13-15-6-4-3-5-7-15)21(26)25-23-12-17-10-16-8-9-18(27-2)11-19(16)24-20(17)22/h3-12,14H,13H2,1-2H3,(H,25,26)/b23-12-/t14-/m0/s1. The van der Waals surface area contributed by atoms with Gasteiger partial charge in [-0.15, -0.1) is 11.8 Å². The van der Waals surface area contributed by atoms with Gasteiger partial charge in [-0.3, -0.25) is 4.79 Å². The van der Waals surface area contributed by atoms with Crippen LogP contribution in [0.25, 0.3) is 10.9 Å². The lowest BCUT2D eigenvalue weighted by atomic mass is 10.1. The Bertz CT molecular complexity index is 996. The van der Waals surface area contributed by atoms with Crippen molar-refractivity contribution in [1.29, 1.82) is 0 Å². The van der Waals surface area contributed by atoms with Gasteiger partial charge in [0.25, 0.3) is 5.91 Å². The van der Waals surface area contributed by atoms with Gasteiger partial charge in [-0.05, 0) is 30.7 Å². The smallest absolute Gasteiger partial charge is 0.252 e. The highest BCUT2D eigenvalue weighted by Crippen LogP contribution is 2.23. The summed E-state index contributed by atoms with van der Waals surface area (Å²) >= 11 is 7.79. The lowest BCUT2D eigenvalue weighted by Gasteiger charge is -2.09. The van der Waals surface area contributed by atoms with E-state index in [2.05, 4.69) is 15.5 Å². The number of nitrogens with one attached hydrogen (secondary N) is 1. The van der Waals surface area contributed by atoms with Gasteiger partial charge in [0.1, 0.15) is 10.9 Å². The predicted molar refractivity (Wildman–Crippen MR) is 116 cm³/mol. The zero-order valence-electron chi connectivity index (χ0n) is 15.6. The number of carbonyl (C=O) groups excluding carboxylic acids is 1. The number of fused-ring (bicyclic) bond motifs is 1. The maximum Gasteiger partial charge on any atom is 0.252 e. The number of benzene rings is 2. The van der Waals surface area contributed by atoms with E-state index in [1.807, 2.05) is 61.5 Å². The predicted octanol–water partition coefficient (Wildman–Crippen LogP) is 4.67. The monoisotopic (exact) mass is 413 g/mol. The van der Waals surface area contributed by atoms with Crippen molar-refractivity contribution < 1.29 is 9.53 Å². The van der Waals surface area contributed by atoms with Crippen LogP contribution in [0.4, 0.5) is 0 Å². The van der Waals surface area contributed by atoms with Crippen molar-refractivity contribution in [1.82, 2.24) is 10.4 Å². The maximum atomic E-state index is 12.2. The van der Waals surface area contributed by atoms with E-state index in [1.54, 1.807) is 18.9 Å². The molecule has 1 heterocycles. The topological polar surface area (TPSA) is 63.6 Å². The van der Waals surface area contributed by atoms with Crippen molar-refractivity contribution in [3.63, 3.8) is 0 Å². The van der Waals surface area contributed by atoms with Gasteiger partial charge in [0.05, 0.1) is 24.1 Å². The molecule has 0 bridgehead atoms. The van der Waals surface area contributed by atoms with Gasteiger partial charge in [0.15, 0.2) is 0 Å². The number of hydrogen-bond acceptors (Lipinski definition) is 5. The molecule has 7 heteroatoms. The summed E-state index contributed by atoms with van der Waals surface area (Å²) < 4.78 is 5.20. The molecule has 1 atom stereocenters. The van der Waals surface area contributed by atoms with Crippen LogP contribution < -0.4 is 10.2 Å². The molecule has 144 valence electrons. The molecule has 1 amide bonds. The number of hydrazone groups is 1. The molecule has 0 aliphatic carbocycles. The summed E-state index contributed by atoms with van der Waals surface area (Å²) in [6.45, 7) is 1.86. The summed E-state index contributed by atoms with van der Waals surface area (Å²) in [5.41, 5.74) is 5.11. The Morgan fingerprint density at radius 1 is 1.29 bits per heavy atom. The first-order valence-corrected chi connectivity index (χ1v) is 10.1. The highest BCUT2D eigenvalue weighted by molar-refractivity contribution is 7.99. The van der Waals surface area contributed by atoms with Crippen molar-refractivity contribution in [2.24, 2.45) is 5.10 Å². The van der Waals surface area contributed by atoms with Crippen LogP contribution in [0.2, 0.25) is 5.15 Å². The fraction of sp³-hybridized carbons (Fsp3) is 0.190. The number of halogens is 1. The number of nitrogens with zero attached hydrogens (tertiary/aromatic N) is 2. The Morgan fingerprint density at radius 3 is 2.82 bits per heavy atom. The number of ether oxygens (including phenoxy) is 1. The van der Waals surface area contributed by atoms with E-state index >= 15 is 0 Å². The molecule has 3 rings (SSSR count). The van der Waals surface area contributed by atoms with E-state index in [0.29, 0.717) is 16.5 Å². The number of carbonyl (C=O) groups is 1. The lowest BCUT2D eigenvalue weighted by Crippen LogP contribution is -2.27. The summed E-state index contributed by atoms with van der Waals surface area (Å²) in [4.78, 5) is 16.6. The first-order valence-electron chi connectivity index (χ1n) is 8.69. The van der Waals surface area contributed by atoms with Crippen molar-refractivity contribution in [2.45, 2.75) is 17.9 Å². The minimum Gasteiger partial charge on any atom is -0.497 e. The molecule has 5 nitrogen and oxygen atoms in total. The van der Waals surface area contributed by atoms with Gasteiger partial charge in [-0.25, -0.2) is 10.4 Å². The van der Waals surface area contributed by atoms with Gasteiger partial charge < -0.3 is 4.74 Å². The molecule has 1 aromatic heterocycles. The molecule has 1 N–H and O–H groups in total. The Hall–Kier alpha value is -2.57. The molecule has 0 saturated heterocycles. The van der Waals surface area contributed by atoms with Crippen LogP contribution in [0, 0.1) is 0 Å². The molecule has 3 aromatic rings. The maximum absolute atomic E-state index is 12.2. The Morgan fingerprint density at radius 2 is 2.07 bits per heavy atom. The highest BCUT2D eigenvalue weighted by Gasteiger charge is 2.12. The number of amides is 1. The number of hydrogen-bond donors (Lipinski definition) is 1. The van der Waals surface area contributed by atoms with Gasteiger partial charge >= 0.3 is 0 Å². The Labute approximate surface area is 173 Å². The SMILES string of the molecule is COc1ccc2cc(/C=N\NC(=O)[C@H](C)SCc3ccccc3)c(Cl)nc2c1. The van der Waals surface area contributed by atoms with Crippen molar-refractivity contribution >= 4 is 46.4 Å². The number of pyridine rings is 1. The van der Waals surface area contributed by atoms with Crippen LogP contribution in [-0.2, 0) is 10.5 Å². The number of methoxy groups -OCH3 is 1. The van der Waals surface area contributed by atoms with Crippen molar-refractivity contribution in [3.8, 4) is 5.75 Å². The molecule has 2 aromatic carbocycles. The van der Waals surface area contributed by atoms with E-state index in [-0.39, 0.29) is 11.2 Å². The van der Waals surface area contributed by atoms with Crippen LogP contribution in [0.5, 0.6) is 5.75 Å². The van der Waals surface area contributed by atoms with Crippen LogP contribution in [0.1, 0.15) is 18.1 Å². The summed E-state index contributed by atoms with van der Waals surface area (Å²) in [5, 5.41) is 5.02. The highest BCUT2D eigenvalue weighted by atomic mass is 35.5. The third-order valence-electron chi connectivity index (χ3n) is 4.10. The molecular formula is C21H20ClN3O2S. The number of thioether (sulfide) groups is 1. The van der Waals surface area contributed by atoms with Crippen LogP contribution in [0.15, 0.2) is 59.7 Å². The average molecular weight is 414 g/mol. The van der Waals surface area contributed by atoms with E-state index in [4.69, 9.17) is 16.3 Å². The van der Waals surface area contributed by atoms with Crippen molar-refractivity contribution in [3.05, 3.63) is 70.9 Å². The zero-order valence-corrected chi connectivity index (χ0v) is 17.1. The lowest BCUT2D eigenvalue weighted by molar-refractivity contribution is -0.120. The van der Waals surface area contributed by atoms with E-state index < -0.39 is 0 Å². The molecule has 0 fully saturated rings. The normalized spacial score (nSPS) is 12.2. The number of rotatable bonds is 7. The average Bonchev–Trinajstić information content (AvgIpc) is 2.72. The van der Waals surface area contributed by atoms with Gasteiger partial charge in [0.2, 0.25) is 0 Å². The molecule has 0 spiro atoms. The molecule has 0 unspecified atom stereocenters. The van der Waals surface area contributed by atoms with Crippen LogP contribution in [0.3, 0.4) is 0 Å². The van der Waals surface area contributed by atoms with Crippen LogP contribution in [-0.4, -0.2) is 29.5 Å². The second kappa shape index (κ2) is 9.57. The molecule has 0 saturated carbocycles. The molecule has 28 heavy (non-hydrogen) atoms. The second-order valence-electron chi connectivity index (χ2n) is 6.10. The Balaban J connectivity index is 1.60. The third-order valence-corrected chi connectivity index (χ3v) is 5.61. The summed E-state index contributed by atoms with van der Waals surface area (Å²) in [6.07, 6.45) is 1.51. The van der Waals surface area contributed by atoms with Crippen molar-refractivity contribution in [2.75, 3.05) is 7.11 Å². The molecule has 0 radical (unpaired) electrons. The fourth-order valence-electron chi connectivity index (χ4n) is 2.48. The summed E-state index contributed by atoms with van der Waals surface area (Å²) in [7, 11) is 1.60. The largest absolute Gasteiger partial charge is 0.497 e. The second-order valence-corrected chi connectivity index (χ2v) is 7.79. The first kappa shape index (κ1) is 20.2. The summed E-state index contributed by atoms with van der Waals surface area (Å²) in [5.74, 6) is 1.32. The van der Waals surface area contributed by atoms with E-state index in [1.165, 1.54) is 11.8 Å². The minimum absolute atomic E-state index is 0.160. The molecule has 0 aliphatic heterocycles. The zero-order chi connectivity index (χ0) is 19.9. The molecular weight excluding hydrogens is 394 g/mol. The number of aromatic nitrogens is 1. The molecule has 0 aliphatic rings. The quantitative estimate of drug-likeness (QED) is 0.347. The van der Waals surface area contributed by atoms with E-state index in [9.17, 15) is 4.79 Å². The minimum atomic E-state index is -0.227. The van der Waals surface area contributed by atoms with Crippen LogP contribution >= 0.6 is 23.4 Å².